The van der Waals surface area contributed by atoms with Crippen LogP contribution in [0.1, 0.15) is 27.5 Å². The lowest BCUT2D eigenvalue weighted by molar-refractivity contribution is 0.0943. The Bertz CT molecular complexity index is 955. The Labute approximate surface area is 158 Å². The highest BCUT2D eigenvalue weighted by Crippen LogP contribution is 2.22. The number of carbonyl (C=O) groups is 1. The van der Waals surface area contributed by atoms with Gasteiger partial charge in [-0.3, -0.25) is 4.79 Å². The second-order valence-electron chi connectivity index (χ2n) is 6.23. The van der Waals surface area contributed by atoms with Gasteiger partial charge in [-0.05, 0) is 41.5 Å². The van der Waals surface area contributed by atoms with Crippen molar-refractivity contribution >= 4 is 5.91 Å². The topological polar surface area (TPSA) is 46.9 Å². The van der Waals surface area contributed by atoms with Gasteiger partial charge in [0.25, 0.3) is 5.91 Å². The van der Waals surface area contributed by atoms with E-state index < -0.39 is 0 Å². The van der Waals surface area contributed by atoms with Crippen LogP contribution >= 0.6 is 0 Å². The first-order chi connectivity index (χ1) is 13.3. The maximum Gasteiger partial charge on any atom is 0.252 e. The Morgan fingerprint density at radius 1 is 0.778 bits per heavy atom. The summed E-state index contributed by atoms with van der Waals surface area (Å²) in [6, 6.07) is 29.1. The predicted octanol–water partition coefficient (Wildman–Crippen LogP) is 4.39. The van der Waals surface area contributed by atoms with Gasteiger partial charge in [-0.15, -0.1) is 0 Å². The molecule has 0 fully saturated rings. The third-order valence-corrected chi connectivity index (χ3v) is 4.44. The minimum Gasteiger partial charge on any atom is -0.341 e. The number of carbonyl (C=O) groups excluding carboxylic acids is 1. The van der Waals surface area contributed by atoms with Crippen molar-refractivity contribution in [1.82, 2.24) is 15.1 Å². The number of nitrogens with one attached hydrogen (secondary N) is 1. The van der Waals surface area contributed by atoms with Crippen molar-refractivity contribution in [2.45, 2.75) is 6.04 Å². The molecule has 0 spiro atoms. The highest BCUT2D eigenvalue weighted by atomic mass is 16.1. The van der Waals surface area contributed by atoms with Gasteiger partial charge >= 0.3 is 0 Å². The molecule has 4 aromatic rings. The molecule has 0 atom stereocenters. The number of nitrogens with zero attached hydrogens (tertiary/aromatic N) is 2. The molecule has 4 heteroatoms. The predicted molar refractivity (Wildman–Crippen MR) is 106 cm³/mol. The zero-order valence-corrected chi connectivity index (χ0v) is 14.7. The first-order valence-electron chi connectivity index (χ1n) is 8.82. The van der Waals surface area contributed by atoms with Crippen LogP contribution in [0.15, 0.2) is 103 Å². The van der Waals surface area contributed by atoms with Crippen LogP contribution in [0.4, 0.5) is 0 Å². The third kappa shape index (κ3) is 3.80. The molecule has 0 saturated heterocycles. The number of rotatable bonds is 5. The van der Waals surface area contributed by atoms with Crippen LogP contribution in [-0.4, -0.2) is 15.7 Å². The second-order valence-corrected chi connectivity index (χ2v) is 6.23. The summed E-state index contributed by atoms with van der Waals surface area (Å²) in [6.07, 6.45) is 3.60. The minimum absolute atomic E-state index is 0.111. The van der Waals surface area contributed by atoms with Crippen molar-refractivity contribution in [3.05, 3.63) is 120 Å². The largest absolute Gasteiger partial charge is 0.341 e. The molecule has 1 amide bonds. The summed E-state index contributed by atoms with van der Waals surface area (Å²) in [4.78, 5) is 12.9. The summed E-state index contributed by atoms with van der Waals surface area (Å²) < 4.78 is 1.76. The molecular weight excluding hydrogens is 334 g/mol. The third-order valence-electron chi connectivity index (χ3n) is 4.44. The van der Waals surface area contributed by atoms with Crippen LogP contribution in [0.25, 0.3) is 5.69 Å². The minimum atomic E-state index is -0.203. The number of hydrogen-bond acceptors (Lipinski definition) is 2. The molecular formula is C23H19N3O. The monoisotopic (exact) mass is 353 g/mol. The number of benzene rings is 3. The van der Waals surface area contributed by atoms with Crippen molar-refractivity contribution in [3.63, 3.8) is 0 Å². The smallest absolute Gasteiger partial charge is 0.252 e. The van der Waals surface area contributed by atoms with Crippen LogP contribution in [0.2, 0.25) is 0 Å². The van der Waals surface area contributed by atoms with E-state index in [0.717, 1.165) is 16.8 Å². The van der Waals surface area contributed by atoms with Crippen LogP contribution < -0.4 is 5.32 Å². The van der Waals surface area contributed by atoms with Crippen molar-refractivity contribution < 1.29 is 4.79 Å². The van der Waals surface area contributed by atoms with Gasteiger partial charge in [-0.1, -0.05) is 60.7 Å². The first kappa shape index (κ1) is 16.8. The molecule has 4 rings (SSSR count). The Morgan fingerprint density at radius 2 is 1.37 bits per heavy atom. The molecule has 3 aromatic carbocycles. The van der Waals surface area contributed by atoms with E-state index in [4.69, 9.17) is 0 Å². The molecule has 0 saturated carbocycles. The number of amides is 1. The van der Waals surface area contributed by atoms with Gasteiger partial charge in [0.15, 0.2) is 0 Å². The fraction of sp³-hybridized carbons (Fsp3) is 0.0435. The van der Waals surface area contributed by atoms with E-state index in [2.05, 4.69) is 10.4 Å². The Balaban J connectivity index is 1.58. The number of hydrogen-bond donors (Lipinski definition) is 1. The maximum atomic E-state index is 12.9. The molecule has 4 nitrogen and oxygen atoms in total. The normalized spacial score (nSPS) is 10.7. The van der Waals surface area contributed by atoms with Crippen LogP contribution in [0.5, 0.6) is 0 Å². The summed E-state index contributed by atoms with van der Waals surface area (Å²) in [6.45, 7) is 0. The lowest BCUT2D eigenvalue weighted by Gasteiger charge is -2.20. The van der Waals surface area contributed by atoms with E-state index in [0.29, 0.717) is 5.56 Å². The maximum absolute atomic E-state index is 12.9. The van der Waals surface area contributed by atoms with E-state index in [1.165, 1.54) is 0 Å². The van der Waals surface area contributed by atoms with Gasteiger partial charge in [0.2, 0.25) is 0 Å². The van der Waals surface area contributed by atoms with Crippen LogP contribution in [0, 0.1) is 0 Å². The fourth-order valence-corrected chi connectivity index (χ4v) is 3.05. The first-order valence-corrected chi connectivity index (χ1v) is 8.82. The lowest BCUT2D eigenvalue weighted by Crippen LogP contribution is -2.29. The molecule has 1 heterocycles. The molecule has 0 aliphatic carbocycles. The fourth-order valence-electron chi connectivity index (χ4n) is 3.05. The highest BCUT2D eigenvalue weighted by molar-refractivity contribution is 5.94. The van der Waals surface area contributed by atoms with Crippen molar-refractivity contribution in [2.24, 2.45) is 0 Å². The van der Waals surface area contributed by atoms with E-state index in [9.17, 15) is 4.79 Å². The van der Waals surface area contributed by atoms with E-state index in [-0.39, 0.29) is 11.9 Å². The quantitative estimate of drug-likeness (QED) is 0.578. The van der Waals surface area contributed by atoms with Crippen molar-refractivity contribution in [2.75, 3.05) is 0 Å². The van der Waals surface area contributed by atoms with E-state index >= 15 is 0 Å². The standard InChI is InChI=1S/C23H19N3O/c27-23(20-12-14-21(15-13-20)26-17-7-16-24-26)25-22(18-8-3-1-4-9-18)19-10-5-2-6-11-19/h1-17,22H,(H,25,27). The van der Waals surface area contributed by atoms with Gasteiger partial charge in [0.1, 0.15) is 0 Å². The summed E-state index contributed by atoms with van der Waals surface area (Å²) >= 11 is 0. The molecule has 0 aliphatic rings. The molecule has 0 unspecified atom stereocenters. The molecule has 0 aliphatic heterocycles. The molecule has 1 aromatic heterocycles. The average Bonchev–Trinajstić information content (AvgIpc) is 3.28. The summed E-state index contributed by atoms with van der Waals surface area (Å²) in [5.41, 5.74) is 3.62. The molecule has 27 heavy (non-hydrogen) atoms. The van der Waals surface area contributed by atoms with Crippen molar-refractivity contribution in [3.8, 4) is 5.69 Å². The van der Waals surface area contributed by atoms with Crippen LogP contribution in [0.3, 0.4) is 0 Å². The van der Waals surface area contributed by atoms with E-state index in [1.807, 2.05) is 97.2 Å². The zero-order valence-electron chi connectivity index (χ0n) is 14.7. The molecule has 132 valence electrons. The zero-order chi connectivity index (χ0) is 18.5. The average molecular weight is 353 g/mol. The highest BCUT2D eigenvalue weighted by Gasteiger charge is 2.17. The summed E-state index contributed by atoms with van der Waals surface area (Å²) in [7, 11) is 0. The van der Waals surface area contributed by atoms with Gasteiger partial charge in [0.05, 0.1) is 11.7 Å². The summed E-state index contributed by atoms with van der Waals surface area (Å²) in [5.74, 6) is -0.111. The summed E-state index contributed by atoms with van der Waals surface area (Å²) in [5, 5.41) is 7.36. The lowest BCUT2D eigenvalue weighted by atomic mass is 9.98. The van der Waals surface area contributed by atoms with Crippen LogP contribution in [-0.2, 0) is 0 Å². The molecule has 0 radical (unpaired) electrons. The Kier molecular flexibility index (Phi) is 4.79. The Morgan fingerprint density at radius 3 is 1.89 bits per heavy atom. The molecule has 0 bridgehead atoms. The van der Waals surface area contributed by atoms with E-state index in [1.54, 1.807) is 10.9 Å². The molecule has 1 N–H and O–H groups in total. The van der Waals surface area contributed by atoms with Gasteiger partial charge < -0.3 is 5.32 Å². The van der Waals surface area contributed by atoms with Crippen molar-refractivity contribution in [1.29, 1.82) is 0 Å². The number of aromatic nitrogens is 2. The SMILES string of the molecule is O=C(NC(c1ccccc1)c1ccccc1)c1ccc(-n2cccn2)cc1. The van der Waals surface area contributed by atoms with Gasteiger partial charge in [-0.2, -0.15) is 5.10 Å². The van der Waals surface area contributed by atoms with Gasteiger partial charge in [0, 0.05) is 18.0 Å². The Hall–Kier alpha value is -3.66. The second kappa shape index (κ2) is 7.70. The van der Waals surface area contributed by atoms with Gasteiger partial charge in [-0.25, -0.2) is 4.68 Å².